The maximum absolute atomic E-state index is 10.2. The van der Waals surface area contributed by atoms with E-state index < -0.39 is 14.4 Å². The van der Waals surface area contributed by atoms with Gasteiger partial charge in [-0.1, -0.05) is 33.7 Å². The Morgan fingerprint density at radius 2 is 2.00 bits per heavy atom. The van der Waals surface area contributed by atoms with Gasteiger partial charge in [-0.3, -0.25) is 0 Å². The SMILES string of the molecule is [2H]C[C@H]1C=C(C)[C@H](O[Si](C)(C)C(C)(C)C)[C@H]1O. The summed E-state index contributed by atoms with van der Waals surface area (Å²) in [5, 5.41) is 10.3. The standard InChI is InChI=1S/C13H26O2Si/c1-9-8-10(2)12(11(9)14)15-16(6,7)13(3,4)5/h8-9,11-12,14H,1-7H3/t9-,11-,12-/m0/s1/i1D. The van der Waals surface area contributed by atoms with E-state index in [-0.39, 0.29) is 24.0 Å². The molecular formula is C13H26O2Si. The van der Waals surface area contributed by atoms with E-state index in [1.165, 1.54) is 0 Å². The third-order valence-electron chi connectivity index (χ3n) is 3.90. The smallest absolute Gasteiger partial charge is 0.193 e. The maximum atomic E-state index is 10.2. The fraction of sp³-hybridized carbons (Fsp3) is 0.846. The number of aliphatic hydroxyl groups excluding tert-OH is 1. The van der Waals surface area contributed by atoms with Crippen molar-refractivity contribution in [3.8, 4) is 0 Å². The molecule has 1 N–H and O–H groups in total. The van der Waals surface area contributed by atoms with Crippen molar-refractivity contribution < 1.29 is 10.9 Å². The molecule has 0 heterocycles. The molecule has 0 saturated heterocycles. The van der Waals surface area contributed by atoms with E-state index in [0.717, 1.165) is 5.57 Å². The van der Waals surface area contributed by atoms with Crippen LogP contribution >= 0.6 is 0 Å². The lowest BCUT2D eigenvalue weighted by molar-refractivity contribution is 0.0398. The van der Waals surface area contributed by atoms with E-state index in [9.17, 15) is 5.11 Å². The van der Waals surface area contributed by atoms with Crippen LogP contribution in [0.1, 0.15) is 36.0 Å². The molecule has 3 heteroatoms. The molecule has 0 aromatic rings. The van der Waals surface area contributed by atoms with Crippen LogP contribution in [0.2, 0.25) is 18.1 Å². The summed E-state index contributed by atoms with van der Waals surface area (Å²) >= 11 is 0. The highest BCUT2D eigenvalue weighted by molar-refractivity contribution is 6.74. The fourth-order valence-electron chi connectivity index (χ4n) is 1.68. The molecule has 16 heavy (non-hydrogen) atoms. The zero-order valence-electron chi connectivity index (χ0n) is 12.4. The molecule has 94 valence electrons. The Labute approximate surface area is 102 Å². The van der Waals surface area contributed by atoms with Crippen LogP contribution in [0.4, 0.5) is 0 Å². The fourth-order valence-corrected chi connectivity index (χ4v) is 3.00. The number of aliphatic hydroxyl groups is 1. The van der Waals surface area contributed by atoms with Gasteiger partial charge in [0, 0.05) is 7.29 Å². The number of hydrogen-bond acceptors (Lipinski definition) is 2. The zero-order chi connectivity index (χ0) is 13.4. The van der Waals surface area contributed by atoms with Crippen molar-refractivity contribution >= 4 is 8.32 Å². The Morgan fingerprint density at radius 1 is 1.44 bits per heavy atom. The van der Waals surface area contributed by atoms with Crippen LogP contribution in [-0.2, 0) is 4.43 Å². The molecule has 1 rings (SSSR count). The van der Waals surface area contributed by atoms with E-state index in [2.05, 4.69) is 33.9 Å². The van der Waals surface area contributed by atoms with Crippen LogP contribution in [0, 0.1) is 5.92 Å². The first-order valence-corrected chi connectivity index (χ1v) is 8.84. The second kappa shape index (κ2) is 4.28. The maximum Gasteiger partial charge on any atom is 0.193 e. The van der Waals surface area contributed by atoms with E-state index in [4.69, 9.17) is 5.80 Å². The first kappa shape index (κ1) is 12.3. The normalized spacial score (nSPS) is 32.6. The Hall–Kier alpha value is -0.123. The third-order valence-corrected chi connectivity index (χ3v) is 8.36. The summed E-state index contributed by atoms with van der Waals surface area (Å²) in [5.41, 5.74) is 1.08. The highest BCUT2D eigenvalue weighted by atomic mass is 28.4. The van der Waals surface area contributed by atoms with Crippen molar-refractivity contribution in [2.24, 2.45) is 5.92 Å². The lowest BCUT2D eigenvalue weighted by Crippen LogP contribution is -2.47. The van der Waals surface area contributed by atoms with Crippen LogP contribution in [0.3, 0.4) is 0 Å². The Morgan fingerprint density at radius 3 is 2.38 bits per heavy atom. The Balaban J connectivity index is 2.80. The molecule has 0 bridgehead atoms. The monoisotopic (exact) mass is 243 g/mol. The molecule has 0 aromatic carbocycles. The van der Waals surface area contributed by atoms with Crippen LogP contribution in [0.5, 0.6) is 0 Å². The summed E-state index contributed by atoms with van der Waals surface area (Å²) in [6.45, 7) is 13.2. The largest absolute Gasteiger partial charge is 0.408 e. The highest BCUT2D eigenvalue weighted by Crippen LogP contribution is 2.40. The first-order chi connectivity index (χ1) is 7.60. The zero-order valence-corrected chi connectivity index (χ0v) is 12.4. The van der Waals surface area contributed by atoms with Gasteiger partial charge in [0.05, 0.1) is 12.2 Å². The minimum Gasteiger partial charge on any atom is -0.408 e. The van der Waals surface area contributed by atoms with Crippen LogP contribution in [0.15, 0.2) is 11.6 Å². The molecular weight excluding hydrogens is 216 g/mol. The molecule has 2 nitrogen and oxygen atoms in total. The first-order valence-electron chi connectivity index (χ1n) is 6.64. The van der Waals surface area contributed by atoms with Gasteiger partial charge in [-0.05, 0) is 30.6 Å². The molecule has 0 fully saturated rings. The molecule has 3 atom stereocenters. The molecule has 0 spiro atoms. The Bertz CT molecular complexity index is 307. The van der Waals surface area contributed by atoms with Crippen LogP contribution in [-0.4, -0.2) is 25.6 Å². The molecule has 0 amide bonds. The average molecular weight is 243 g/mol. The summed E-state index contributed by atoms with van der Waals surface area (Å²) in [6.07, 6.45) is 1.25. The van der Waals surface area contributed by atoms with Crippen molar-refractivity contribution in [2.45, 2.75) is 64.9 Å². The minimum absolute atomic E-state index is 0.0650. The van der Waals surface area contributed by atoms with Gasteiger partial charge in [0.25, 0.3) is 0 Å². The molecule has 0 aromatic heterocycles. The second-order valence-electron chi connectivity index (χ2n) is 6.36. The van der Waals surface area contributed by atoms with Gasteiger partial charge in [0.2, 0.25) is 0 Å². The van der Waals surface area contributed by atoms with Crippen LogP contribution < -0.4 is 0 Å². The van der Waals surface area contributed by atoms with Gasteiger partial charge >= 0.3 is 0 Å². The Kier molecular flexibility index (Phi) is 3.30. The van der Waals surface area contributed by atoms with Gasteiger partial charge in [-0.25, -0.2) is 0 Å². The lowest BCUT2D eigenvalue weighted by Gasteiger charge is -2.39. The molecule has 1 aliphatic rings. The average Bonchev–Trinajstić information content (AvgIpc) is 2.43. The van der Waals surface area contributed by atoms with Crippen molar-refractivity contribution in [1.29, 1.82) is 0 Å². The van der Waals surface area contributed by atoms with Crippen molar-refractivity contribution in [1.82, 2.24) is 0 Å². The van der Waals surface area contributed by atoms with Crippen molar-refractivity contribution in [3.05, 3.63) is 11.6 Å². The van der Waals surface area contributed by atoms with Gasteiger partial charge in [0.15, 0.2) is 8.32 Å². The van der Waals surface area contributed by atoms with Gasteiger partial charge < -0.3 is 9.53 Å². The molecule has 1 aliphatic carbocycles. The number of rotatable bonds is 2. The van der Waals surface area contributed by atoms with E-state index in [0.29, 0.717) is 0 Å². The minimum atomic E-state index is -1.86. The van der Waals surface area contributed by atoms with E-state index >= 15 is 0 Å². The van der Waals surface area contributed by atoms with E-state index in [1.807, 2.05) is 13.0 Å². The molecule has 0 radical (unpaired) electrons. The summed E-state index contributed by atoms with van der Waals surface area (Å²) in [4.78, 5) is 0. The van der Waals surface area contributed by atoms with Crippen molar-refractivity contribution in [3.63, 3.8) is 0 Å². The van der Waals surface area contributed by atoms with Crippen molar-refractivity contribution in [2.75, 3.05) is 0 Å². The van der Waals surface area contributed by atoms with Gasteiger partial charge in [0.1, 0.15) is 0 Å². The van der Waals surface area contributed by atoms with Crippen LogP contribution in [0.25, 0.3) is 0 Å². The molecule has 0 unspecified atom stereocenters. The second-order valence-corrected chi connectivity index (χ2v) is 11.1. The van der Waals surface area contributed by atoms with Gasteiger partial charge in [-0.2, -0.15) is 0 Å². The number of hydrogen-bond donors (Lipinski definition) is 1. The quantitative estimate of drug-likeness (QED) is 0.595. The third kappa shape index (κ3) is 2.58. The summed E-state index contributed by atoms with van der Waals surface area (Å²) in [5.74, 6) is -0.0650. The van der Waals surface area contributed by atoms with E-state index in [1.54, 1.807) is 0 Å². The highest BCUT2D eigenvalue weighted by Gasteiger charge is 2.43. The van der Waals surface area contributed by atoms with Gasteiger partial charge in [-0.15, -0.1) is 0 Å². The predicted octanol–water partition coefficient (Wildman–Crippen LogP) is 3.33. The summed E-state index contributed by atoms with van der Waals surface area (Å²) in [7, 11) is -1.86. The molecule has 0 saturated carbocycles. The predicted molar refractivity (Wildman–Crippen MR) is 71.0 cm³/mol. The summed E-state index contributed by atoms with van der Waals surface area (Å²) < 4.78 is 13.7. The topological polar surface area (TPSA) is 29.5 Å². The molecule has 0 aliphatic heterocycles. The lowest BCUT2D eigenvalue weighted by atomic mass is 10.1. The summed E-state index contributed by atoms with van der Waals surface area (Å²) in [6, 6.07) is 0.